The van der Waals surface area contributed by atoms with Gasteiger partial charge in [0.1, 0.15) is 11.4 Å². The second-order valence-corrected chi connectivity index (χ2v) is 9.42. The van der Waals surface area contributed by atoms with Crippen LogP contribution in [0.2, 0.25) is 0 Å². The van der Waals surface area contributed by atoms with Crippen molar-refractivity contribution in [1.29, 1.82) is 0 Å². The lowest BCUT2D eigenvalue weighted by atomic mass is 10.0. The largest absolute Gasteiger partial charge is 0.493 e. The minimum absolute atomic E-state index is 0.0741. The molecule has 0 spiro atoms. The van der Waals surface area contributed by atoms with E-state index in [1.807, 2.05) is 56.3 Å². The van der Waals surface area contributed by atoms with Gasteiger partial charge in [0.2, 0.25) is 5.91 Å². The molecule has 2 atom stereocenters. The summed E-state index contributed by atoms with van der Waals surface area (Å²) in [6.07, 6.45) is 0. The molecule has 1 fully saturated rings. The van der Waals surface area contributed by atoms with E-state index in [0.29, 0.717) is 23.6 Å². The Morgan fingerprint density at radius 2 is 1.86 bits per heavy atom. The van der Waals surface area contributed by atoms with Gasteiger partial charge in [0, 0.05) is 16.9 Å². The Hall–Kier alpha value is -2.67. The van der Waals surface area contributed by atoms with Gasteiger partial charge >= 0.3 is 0 Å². The Kier molecular flexibility index (Phi) is 4.94. The van der Waals surface area contributed by atoms with Gasteiger partial charge in [-0.2, -0.15) is 0 Å². The van der Waals surface area contributed by atoms with Crippen molar-refractivity contribution in [3.05, 3.63) is 59.2 Å². The number of hydrogen-bond donors (Lipinski definition) is 1. The van der Waals surface area contributed by atoms with Gasteiger partial charge in [0.15, 0.2) is 11.5 Å². The molecule has 0 aliphatic carbocycles. The number of nitrogens with one attached hydrogen (secondary N) is 1. The van der Waals surface area contributed by atoms with Crippen molar-refractivity contribution in [3.8, 4) is 11.5 Å². The van der Waals surface area contributed by atoms with Crippen LogP contribution in [0.5, 0.6) is 11.5 Å². The molecule has 2 amide bonds. The summed E-state index contributed by atoms with van der Waals surface area (Å²) < 4.78 is 10.2. The monoisotopic (exact) mass is 412 g/mol. The number of fused-ring (bicyclic) bond motifs is 3. The van der Waals surface area contributed by atoms with E-state index in [1.165, 1.54) is 0 Å². The van der Waals surface area contributed by atoms with Crippen molar-refractivity contribution in [2.75, 3.05) is 14.2 Å². The average Bonchev–Trinajstić information content (AvgIpc) is 3.15. The fourth-order valence-electron chi connectivity index (χ4n) is 4.08. The number of rotatable bonds is 5. The van der Waals surface area contributed by atoms with Gasteiger partial charge in [-0.1, -0.05) is 24.3 Å². The predicted octanol–water partition coefficient (Wildman–Crippen LogP) is 3.37. The number of thioether (sulfide) groups is 1. The normalized spacial score (nSPS) is 21.5. The van der Waals surface area contributed by atoms with E-state index in [9.17, 15) is 9.59 Å². The maximum Gasteiger partial charge on any atom is 0.256 e. The zero-order chi connectivity index (χ0) is 20.8. The van der Waals surface area contributed by atoms with Gasteiger partial charge in [-0.3, -0.25) is 9.59 Å². The van der Waals surface area contributed by atoms with Gasteiger partial charge in [0.25, 0.3) is 5.91 Å². The van der Waals surface area contributed by atoms with Crippen molar-refractivity contribution in [2.24, 2.45) is 0 Å². The molecule has 0 bridgehead atoms. The van der Waals surface area contributed by atoms with Crippen molar-refractivity contribution in [1.82, 2.24) is 10.2 Å². The van der Waals surface area contributed by atoms with E-state index in [0.717, 1.165) is 11.1 Å². The molecule has 1 N–H and O–H groups in total. The molecule has 4 rings (SSSR count). The topological polar surface area (TPSA) is 67.9 Å². The first-order valence-corrected chi connectivity index (χ1v) is 10.3. The summed E-state index contributed by atoms with van der Waals surface area (Å²) in [5.74, 6) is 1.02. The number of amides is 2. The number of hydrogen-bond acceptors (Lipinski definition) is 5. The molecule has 0 aromatic heterocycles. The third kappa shape index (κ3) is 3.23. The Balaban J connectivity index is 1.54. The molecule has 6 nitrogen and oxygen atoms in total. The quantitative estimate of drug-likeness (QED) is 0.816. The van der Waals surface area contributed by atoms with Crippen molar-refractivity contribution < 1.29 is 19.1 Å². The second kappa shape index (κ2) is 7.30. The van der Waals surface area contributed by atoms with Crippen molar-refractivity contribution >= 4 is 23.6 Å². The summed E-state index contributed by atoms with van der Waals surface area (Å²) in [7, 11) is 3.16. The first-order valence-electron chi connectivity index (χ1n) is 9.45. The van der Waals surface area contributed by atoms with Crippen LogP contribution in [-0.2, 0) is 11.3 Å². The Bertz CT molecular complexity index is 975. The molecule has 152 valence electrons. The highest BCUT2D eigenvalue weighted by atomic mass is 32.2. The molecular formula is C22H24N2O4S. The molecular weight excluding hydrogens is 388 g/mol. The van der Waals surface area contributed by atoms with Crippen LogP contribution in [0.3, 0.4) is 0 Å². The fourth-order valence-corrected chi connectivity index (χ4v) is 5.67. The average molecular weight is 413 g/mol. The molecule has 1 unspecified atom stereocenters. The lowest BCUT2D eigenvalue weighted by molar-refractivity contribution is -0.126. The van der Waals surface area contributed by atoms with Gasteiger partial charge in [-0.15, -0.1) is 11.8 Å². The first kappa shape index (κ1) is 19.6. The molecule has 2 aromatic carbocycles. The minimum atomic E-state index is -0.544. The van der Waals surface area contributed by atoms with E-state index < -0.39 is 10.8 Å². The molecule has 2 aliphatic rings. The third-order valence-electron chi connectivity index (χ3n) is 5.46. The Morgan fingerprint density at radius 1 is 1.14 bits per heavy atom. The smallest absolute Gasteiger partial charge is 0.256 e. The highest BCUT2D eigenvalue weighted by molar-refractivity contribution is 8.01. The van der Waals surface area contributed by atoms with E-state index in [-0.39, 0.29) is 17.2 Å². The molecule has 1 saturated heterocycles. The summed E-state index contributed by atoms with van der Waals surface area (Å²) in [5, 5.41) is 2.88. The van der Waals surface area contributed by atoms with Crippen LogP contribution >= 0.6 is 11.8 Å². The van der Waals surface area contributed by atoms with E-state index in [2.05, 4.69) is 5.32 Å². The van der Waals surface area contributed by atoms with Crippen LogP contribution in [0.1, 0.15) is 40.7 Å². The van der Waals surface area contributed by atoms with Gasteiger partial charge in [0.05, 0.1) is 14.2 Å². The van der Waals surface area contributed by atoms with Crippen LogP contribution < -0.4 is 14.8 Å². The van der Waals surface area contributed by atoms with Crippen LogP contribution in [0.4, 0.5) is 0 Å². The molecule has 0 radical (unpaired) electrons. The van der Waals surface area contributed by atoms with Crippen LogP contribution in [0.25, 0.3) is 0 Å². The number of benzene rings is 2. The number of nitrogens with zero attached hydrogens (tertiary/aromatic N) is 1. The Morgan fingerprint density at radius 3 is 2.59 bits per heavy atom. The van der Waals surface area contributed by atoms with Crippen LogP contribution in [0, 0.1) is 0 Å². The molecule has 2 aromatic rings. The summed E-state index contributed by atoms with van der Waals surface area (Å²) >= 11 is 1.66. The first-order chi connectivity index (χ1) is 13.9. The van der Waals surface area contributed by atoms with E-state index in [1.54, 1.807) is 30.9 Å². The maximum atomic E-state index is 13.2. The van der Waals surface area contributed by atoms with E-state index >= 15 is 0 Å². The lowest BCUT2D eigenvalue weighted by Gasteiger charge is -2.29. The summed E-state index contributed by atoms with van der Waals surface area (Å²) in [5.41, 5.74) is 2.58. The molecule has 2 heterocycles. The minimum Gasteiger partial charge on any atom is -0.493 e. The number of carbonyl (C=O) groups is 2. The SMILES string of the molecule is COc1ccc(CNC(=O)[C@H]2N3C(=O)c4ccccc4C3SC2(C)C)cc1OC. The number of methoxy groups -OCH3 is 2. The zero-order valence-electron chi connectivity index (χ0n) is 16.9. The summed E-state index contributed by atoms with van der Waals surface area (Å²) in [6.45, 7) is 4.38. The highest BCUT2D eigenvalue weighted by Gasteiger charge is 2.57. The fraction of sp³-hybridized carbons (Fsp3) is 0.364. The van der Waals surface area contributed by atoms with Crippen molar-refractivity contribution in [2.45, 2.75) is 36.6 Å². The van der Waals surface area contributed by atoms with E-state index in [4.69, 9.17) is 9.47 Å². The Labute approximate surface area is 174 Å². The van der Waals surface area contributed by atoms with Gasteiger partial charge in [-0.25, -0.2) is 0 Å². The zero-order valence-corrected chi connectivity index (χ0v) is 17.7. The lowest BCUT2D eigenvalue weighted by Crippen LogP contribution is -2.52. The number of carbonyl (C=O) groups excluding carboxylic acids is 2. The molecule has 0 saturated carbocycles. The van der Waals surface area contributed by atoms with Gasteiger partial charge < -0.3 is 19.7 Å². The maximum absolute atomic E-state index is 13.2. The highest BCUT2D eigenvalue weighted by Crippen LogP contribution is 2.56. The number of ether oxygens (including phenoxy) is 2. The molecule has 29 heavy (non-hydrogen) atoms. The summed E-state index contributed by atoms with van der Waals surface area (Å²) in [4.78, 5) is 27.9. The molecule has 2 aliphatic heterocycles. The second-order valence-electron chi connectivity index (χ2n) is 7.68. The molecule has 7 heteroatoms. The standard InChI is InChI=1S/C22H24N2O4S/c1-22(2)18(24-20(26)14-7-5-6-8-15(14)21(24)29-22)19(25)23-12-13-9-10-16(27-3)17(11-13)28-4/h5-11,18,21H,12H2,1-4H3,(H,23,25)/t18-,21?/m1/s1. The van der Waals surface area contributed by atoms with Gasteiger partial charge in [-0.05, 0) is 43.2 Å². The van der Waals surface area contributed by atoms with Crippen molar-refractivity contribution in [3.63, 3.8) is 0 Å². The van der Waals surface area contributed by atoms with Crippen LogP contribution in [0.15, 0.2) is 42.5 Å². The predicted molar refractivity (Wildman–Crippen MR) is 112 cm³/mol. The third-order valence-corrected chi connectivity index (χ3v) is 6.99. The summed E-state index contributed by atoms with van der Waals surface area (Å²) in [6, 6.07) is 12.6. The van der Waals surface area contributed by atoms with Crippen LogP contribution in [-0.4, -0.2) is 41.7 Å².